The minimum absolute atomic E-state index is 0.110. The number of hydrogen-bond acceptors (Lipinski definition) is 4. The second-order valence-electron chi connectivity index (χ2n) is 5.66. The van der Waals surface area contributed by atoms with E-state index in [1.54, 1.807) is 12.1 Å². The Hall–Kier alpha value is -2.24. The second kappa shape index (κ2) is 7.85. The molecule has 0 aliphatic heterocycles. The molecule has 0 fully saturated rings. The summed E-state index contributed by atoms with van der Waals surface area (Å²) in [6.45, 7) is 5.78. The van der Waals surface area contributed by atoms with E-state index in [0.29, 0.717) is 17.8 Å². The quantitative estimate of drug-likeness (QED) is 0.721. The molecule has 1 aromatic carbocycles. The molecule has 0 atom stereocenters. The van der Waals surface area contributed by atoms with Crippen LogP contribution in [0.3, 0.4) is 0 Å². The first-order valence-electron chi connectivity index (χ1n) is 7.94. The van der Waals surface area contributed by atoms with Crippen molar-refractivity contribution in [2.24, 2.45) is 0 Å². The fourth-order valence-corrected chi connectivity index (χ4v) is 2.17. The van der Waals surface area contributed by atoms with E-state index in [9.17, 15) is 9.18 Å². The normalized spacial score (nSPS) is 11.0. The molecule has 0 unspecified atom stereocenters. The van der Waals surface area contributed by atoms with Gasteiger partial charge in [0.15, 0.2) is 5.82 Å². The zero-order valence-electron chi connectivity index (χ0n) is 13.8. The van der Waals surface area contributed by atoms with Crippen LogP contribution in [0.1, 0.15) is 51.2 Å². The maximum atomic E-state index is 13.5. The highest BCUT2D eigenvalue weighted by Gasteiger charge is 2.19. The average molecular weight is 319 g/mol. The van der Waals surface area contributed by atoms with E-state index in [4.69, 9.17) is 4.74 Å². The molecule has 1 aromatic heterocycles. The molecule has 124 valence electrons. The molecule has 0 amide bonds. The van der Waals surface area contributed by atoms with Crippen molar-refractivity contribution in [3.8, 4) is 17.4 Å². The largest absolute Gasteiger partial charge is 0.460 e. The van der Waals surface area contributed by atoms with E-state index < -0.39 is 0 Å². The van der Waals surface area contributed by atoms with E-state index in [1.807, 2.05) is 13.8 Å². The number of benzene rings is 1. The van der Waals surface area contributed by atoms with E-state index in [-0.39, 0.29) is 23.8 Å². The first-order valence-corrected chi connectivity index (χ1v) is 7.94. The Bertz CT molecular complexity index is 668. The summed E-state index contributed by atoms with van der Waals surface area (Å²) >= 11 is 0. The van der Waals surface area contributed by atoms with Crippen LogP contribution in [0.5, 0.6) is 6.01 Å². The molecule has 1 heterocycles. The van der Waals surface area contributed by atoms with E-state index in [0.717, 1.165) is 19.3 Å². The summed E-state index contributed by atoms with van der Waals surface area (Å²) in [5.41, 5.74) is 0.500. The van der Waals surface area contributed by atoms with E-state index in [2.05, 4.69) is 17.0 Å². The lowest BCUT2D eigenvalue weighted by Gasteiger charge is -2.04. The van der Waals surface area contributed by atoms with Crippen LogP contribution in [0.15, 0.2) is 24.3 Å². The zero-order chi connectivity index (χ0) is 16.8. The molecule has 0 spiro atoms. The van der Waals surface area contributed by atoms with Gasteiger partial charge < -0.3 is 4.74 Å². The predicted octanol–water partition coefficient (Wildman–Crippen LogP) is 4.09. The third-order valence-electron chi connectivity index (χ3n) is 3.24. The van der Waals surface area contributed by atoms with Gasteiger partial charge in [-0.3, -0.25) is 4.79 Å². The van der Waals surface area contributed by atoms with Crippen LogP contribution in [0, 0.1) is 5.82 Å². The maximum absolute atomic E-state index is 13.5. The molecule has 5 nitrogen and oxygen atoms in total. The van der Waals surface area contributed by atoms with Crippen molar-refractivity contribution < 1.29 is 13.9 Å². The minimum atomic E-state index is -0.387. The van der Waals surface area contributed by atoms with Crippen LogP contribution < -0.4 is 4.74 Å². The topological polar surface area (TPSA) is 57.0 Å². The second-order valence-corrected chi connectivity index (χ2v) is 5.66. The number of nitrogens with zero attached hydrogens (tertiary/aromatic N) is 3. The summed E-state index contributed by atoms with van der Waals surface area (Å²) in [5, 5.41) is 4.15. The number of carbonyl (C=O) groups excluding carboxylic acids is 1. The Kier molecular flexibility index (Phi) is 5.84. The number of aromatic nitrogens is 3. The fraction of sp³-hybridized carbons (Fsp3) is 0.471. The Morgan fingerprint density at radius 2 is 2.13 bits per heavy atom. The van der Waals surface area contributed by atoms with E-state index in [1.165, 1.54) is 16.8 Å². The molecule has 2 aromatic rings. The van der Waals surface area contributed by atoms with Crippen molar-refractivity contribution in [2.75, 3.05) is 0 Å². The summed E-state index contributed by atoms with van der Waals surface area (Å²) in [7, 11) is 0. The van der Waals surface area contributed by atoms with Crippen molar-refractivity contribution in [3.63, 3.8) is 0 Å². The summed E-state index contributed by atoms with van der Waals surface area (Å²) in [5.74, 6) is -0.243. The molecule has 0 N–H and O–H groups in total. The van der Waals surface area contributed by atoms with E-state index >= 15 is 0 Å². The Morgan fingerprint density at radius 1 is 1.35 bits per heavy atom. The molecule has 2 rings (SSSR count). The standard InChI is InChI=1S/C17H22FN3O2/c1-4-5-6-10-15(22)21-16(13-8-7-9-14(18)11-13)19-17(20-21)23-12(2)3/h7-9,11-12H,4-6,10H2,1-3H3. The number of unbranched alkanes of at least 4 members (excludes halogenated alkanes) is 2. The van der Waals surface area contributed by atoms with Gasteiger partial charge in [-0.05, 0) is 32.4 Å². The molecular weight excluding hydrogens is 297 g/mol. The van der Waals surface area contributed by atoms with Crippen LogP contribution in [0.2, 0.25) is 0 Å². The van der Waals surface area contributed by atoms with Crippen molar-refractivity contribution >= 4 is 5.91 Å². The van der Waals surface area contributed by atoms with Crippen molar-refractivity contribution in [1.29, 1.82) is 0 Å². The molecule has 6 heteroatoms. The average Bonchev–Trinajstić information content (AvgIpc) is 2.90. The van der Waals surface area contributed by atoms with Gasteiger partial charge in [-0.15, -0.1) is 5.10 Å². The van der Waals surface area contributed by atoms with Gasteiger partial charge in [0.1, 0.15) is 5.82 Å². The van der Waals surface area contributed by atoms with Crippen molar-refractivity contribution in [2.45, 2.75) is 52.6 Å². The smallest absolute Gasteiger partial charge is 0.336 e. The predicted molar refractivity (Wildman–Crippen MR) is 85.9 cm³/mol. The van der Waals surface area contributed by atoms with Gasteiger partial charge in [-0.25, -0.2) is 4.39 Å². The van der Waals surface area contributed by atoms with Crippen LogP contribution in [-0.2, 0) is 0 Å². The van der Waals surface area contributed by atoms with Gasteiger partial charge >= 0.3 is 6.01 Å². The number of hydrogen-bond donors (Lipinski definition) is 0. The number of rotatable bonds is 7. The summed E-state index contributed by atoms with van der Waals surface area (Å²) in [4.78, 5) is 16.7. The molecular formula is C17H22FN3O2. The molecule has 0 radical (unpaired) electrons. The van der Waals surface area contributed by atoms with Gasteiger partial charge in [0.2, 0.25) is 5.91 Å². The molecule has 0 aliphatic rings. The van der Waals surface area contributed by atoms with Gasteiger partial charge in [0.05, 0.1) is 6.10 Å². The van der Waals surface area contributed by atoms with Crippen LogP contribution in [0.4, 0.5) is 4.39 Å². The van der Waals surface area contributed by atoms with Gasteiger partial charge in [-0.2, -0.15) is 9.67 Å². The molecule has 0 bridgehead atoms. The van der Waals surface area contributed by atoms with Crippen LogP contribution in [0.25, 0.3) is 11.4 Å². The summed E-state index contributed by atoms with van der Waals surface area (Å²) in [6, 6.07) is 6.08. The lowest BCUT2D eigenvalue weighted by atomic mass is 10.2. The molecule has 0 saturated heterocycles. The fourth-order valence-electron chi connectivity index (χ4n) is 2.17. The van der Waals surface area contributed by atoms with Gasteiger partial charge in [-0.1, -0.05) is 31.9 Å². The van der Waals surface area contributed by atoms with Crippen LogP contribution >= 0.6 is 0 Å². The number of carbonyl (C=O) groups is 1. The first kappa shape index (κ1) is 17.1. The highest BCUT2D eigenvalue weighted by atomic mass is 19.1. The number of ether oxygens (including phenoxy) is 1. The Morgan fingerprint density at radius 3 is 2.78 bits per heavy atom. The zero-order valence-corrected chi connectivity index (χ0v) is 13.8. The van der Waals surface area contributed by atoms with Gasteiger partial charge in [0, 0.05) is 12.0 Å². The number of halogens is 1. The third-order valence-corrected chi connectivity index (χ3v) is 3.24. The lowest BCUT2D eigenvalue weighted by Crippen LogP contribution is -2.14. The Balaban J connectivity index is 2.34. The van der Waals surface area contributed by atoms with Gasteiger partial charge in [0.25, 0.3) is 0 Å². The highest BCUT2D eigenvalue weighted by Crippen LogP contribution is 2.22. The van der Waals surface area contributed by atoms with Crippen molar-refractivity contribution in [1.82, 2.24) is 14.8 Å². The third kappa shape index (κ3) is 4.61. The summed E-state index contributed by atoms with van der Waals surface area (Å²) < 4.78 is 20.2. The molecule has 0 aliphatic carbocycles. The minimum Gasteiger partial charge on any atom is -0.460 e. The monoisotopic (exact) mass is 319 g/mol. The Labute approximate surface area is 135 Å². The SMILES string of the molecule is CCCCCC(=O)n1nc(OC(C)C)nc1-c1cccc(F)c1. The lowest BCUT2D eigenvalue weighted by molar-refractivity contribution is 0.0881. The first-order chi connectivity index (χ1) is 11.0. The molecule has 0 saturated carbocycles. The van der Waals surface area contributed by atoms with Crippen molar-refractivity contribution in [3.05, 3.63) is 30.1 Å². The maximum Gasteiger partial charge on any atom is 0.336 e. The van der Waals surface area contributed by atoms with Crippen LogP contribution in [-0.4, -0.2) is 26.8 Å². The molecule has 23 heavy (non-hydrogen) atoms. The highest BCUT2D eigenvalue weighted by molar-refractivity contribution is 5.82. The summed E-state index contributed by atoms with van der Waals surface area (Å²) in [6.07, 6.45) is 3.06.